The van der Waals surface area contributed by atoms with Crippen LogP contribution in [-0.4, -0.2) is 19.1 Å². The minimum atomic E-state index is 0.182. The maximum absolute atomic E-state index is 6.12. The average molecular weight is 285 g/mol. The third kappa shape index (κ3) is 4.73. The van der Waals surface area contributed by atoms with Crippen molar-refractivity contribution in [2.45, 2.75) is 39.2 Å². The molecule has 0 fully saturated rings. The first-order chi connectivity index (χ1) is 10.1. The highest BCUT2D eigenvalue weighted by molar-refractivity contribution is 5.53. The van der Waals surface area contributed by atoms with Crippen molar-refractivity contribution in [1.29, 1.82) is 0 Å². The van der Waals surface area contributed by atoms with Crippen molar-refractivity contribution >= 4 is 5.69 Å². The fraction of sp³-hybridized carbons (Fsp3) is 0.444. The van der Waals surface area contributed by atoms with Gasteiger partial charge >= 0.3 is 0 Å². The van der Waals surface area contributed by atoms with Crippen LogP contribution in [0.25, 0.3) is 0 Å². The summed E-state index contributed by atoms with van der Waals surface area (Å²) in [6.07, 6.45) is 9.54. The van der Waals surface area contributed by atoms with Gasteiger partial charge in [-0.2, -0.15) is 0 Å². The Hall–Kier alpha value is -1.58. The van der Waals surface area contributed by atoms with Crippen LogP contribution in [0, 0.1) is 13.8 Å². The summed E-state index contributed by atoms with van der Waals surface area (Å²) in [5, 5.41) is 3.48. The number of nitrogens with two attached hydrogens (primary N) is 2. The molecule has 2 rings (SSSR count). The number of nitrogens with one attached hydrogen (secondary N) is 1. The van der Waals surface area contributed by atoms with Crippen molar-refractivity contribution in [3.63, 3.8) is 0 Å². The lowest BCUT2D eigenvalue weighted by atomic mass is 9.99. The molecule has 21 heavy (non-hydrogen) atoms. The molecule has 0 spiro atoms. The van der Waals surface area contributed by atoms with Gasteiger partial charge in [0.25, 0.3) is 0 Å². The largest absolute Gasteiger partial charge is 0.398 e. The maximum atomic E-state index is 6.12. The van der Waals surface area contributed by atoms with E-state index in [2.05, 4.69) is 49.5 Å². The van der Waals surface area contributed by atoms with Crippen LogP contribution in [-0.2, 0) is 6.42 Å². The lowest BCUT2D eigenvalue weighted by Gasteiger charge is -2.14. The molecule has 1 unspecified atom stereocenters. The molecule has 0 radical (unpaired) electrons. The molecule has 1 atom stereocenters. The molecule has 0 aromatic heterocycles. The summed E-state index contributed by atoms with van der Waals surface area (Å²) in [5.74, 6) is 0. The van der Waals surface area contributed by atoms with Crippen molar-refractivity contribution in [2.24, 2.45) is 5.73 Å². The first kappa shape index (κ1) is 15.8. The van der Waals surface area contributed by atoms with Crippen LogP contribution in [0.2, 0.25) is 0 Å². The third-order valence-electron chi connectivity index (χ3n) is 3.93. The van der Waals surface area contributed by atoms with Crippen LogP contribution in [0.1, 0.15) is 29.5 Å². The van der Waals surface area contributed by atoms with Crippen LogP contribution in [0.4, 0.5) is 5.69 Å². The van der Waals surface area contributed by atoms with Crippen LogP contribution >= 0.6 is 0 Å². The van der Waals surface area contributed by atoms with E-state index >= 15 is 0 Å². The molecule has 1 aromatic carbocycles. The van der Waals surface area contributed by atoms with E-state index in [0.29, 0.717) is 0 Å². The third-order valence-corrected chi connectivity index (χ3v) is 3.93. The van der Waals surface area contributed by atoms with Crippen LogP contribution in [0.5, 0.6) is 0 Å². The van der Waals surface area contributed by atoms with E-state index in [4.69, 9.17) is 11.5 Å². The SMILES string of the molecule is Cc1cc(C)c(CCCNCC2=CC(N)CC=C2)c(N)c1. The van der Waals surface area contributed by atoms with Gasteiger partial charge in [-0.05, 0) is 68.0 Å². The quantitative estimate of drug-likeness (QED) is 0.556. The Morgan fingerprint density at radius 1 is 1.29 bits per heavy atom. The molecule has 1 aliphatic carbocycles. The summed E-state index contributed by atoms with van der Waals surface area (Å²) in [5.41, 5.74) is 18.1. The van der Waals surface area contributed by atoms with Gasteiger partial charge in [0.15, 0.2) is 0 Å². The topological polar surface area (TPSA) is 64.1 Å². The maximum Gasteiger partial charge on any atom is 0.0351 e. The van der Waals surface area contributed by atoms with Gasteiger partial charge in [0.1, 0.15) is 0 Å². The smallest absolute Gasteiger partial charge is 0.0351 e. The molecule has 5 N–H and O–H groups in total. The van der Waals surface area contributed by atoms with Crippen molar-refractivity contribution in [1.82, 2.24) is 5.32 Å². The molecule has 1 aromatic rings. The molecule has 0 bridgehead atoms. The zero-order valence-electron chi connectivity index (χ0n) is 13.2. The highest BCUT2D eigenvalue weighted by Crippen LogP contribution is 2.20. The fourth-order valence-corrected chi connectivity index (χ4v) is 2.89. The van der Waals surface area contributed by atoms with Crippen molar-refractivity contribution in [2.75, 3.05) is 18.8 Å². The average Bonchev–Trinajstić information content (AvgIpc) is 2.41. The van der Waals surface area contributed by atoms with Crippen molar-refractivity contribution < 1.29 is 0 Å². The molecule has 0 saturated carbocycles. The second-order valence-corrected chi connectivity index (χ2v) is 5.97. The zero-order chi connectivity index (χ0) is 15.2. The summed E-state index contributed by atoms with van der Waals surface area (Å²) in [7, 11) is 0. The lowest BCUT2D eigenvalue weighted by Crippen LogP contribution is -2.23. The monoisotopic (exact) mass is 285 g/mol. The number of hydrogen-bond acceptors (Lipinski definition) is 3. The minimum Gasteiger partial charge on any atom is -0.398 e. The van der Waals surface area contributed by atoms with E-state index < -0.39 is 0 Å². The minimum absolute atomic E-state index is 0.182. The number of hydrogen-bond donors (Lipinski definition) is 3. The number of aryl methyl sites for hydroxylation is 2. The van der Waals surface area contributed by atoms with Gasteiger partial charge in [-0.15, -0.1) is 0 Å². The van der Waals surface area contributed by atoms with Gasteiger partial charge in [-0.3, -0.25) is 0 Å². The second-order valence-electron chi connectivity index (χ2n) is 5.97. The van der Waals surface area contributed by atoms with E-state index in [0.717, 1.165) is 38.0 Å². The molecular weight excluding hydrogens is 258 g/mol. The van der Waals surface area contributed by atoms with Crippen LogP contribution in [0.15, 0.2) is 35.9 Å². The molecular formula is C18H27N3. The molecule has 0 heterocycles. The van der Waals surface area contributed by atoms with Gasteiger partial charge in [0.05, 0.1) is 0 Å². The normalized spacial score (nSPS) is 17.9. The van der Waals surface area contributed by atoms with E-state index in [9.17, 15) is 0 Å². The number of benzene rings is 1. The Morgan fingerprint density at radius 3 is 2.81 bits per heavy atom. The van der Waals surface area contributed by atoms with Gasteiger partial charge in [0.2, 0.25) is 0 Å². The Balaban J connectivity index is 1.74. The first-order valence-electron chi connectivity index (χ1n) is 7.75. The van der Waals surface area contributed by atoms with Crippen molar-refractivity contribution in [3.8, 4) is 0 Å². The standard InChI is InChI=1S/C18H27N3/c1-13-9-14(2)17(18(20)10-13)7-4-8-21-12-15-5-3-6-16(19)11-15/h3,5,9-11,16,21H,4,6-8,12,19-20H2,1-2H3. The van der Waals surface area contributed by atoms with Gasteiger partial charge < -0.3 is 16.8 Å². The molecule has 3 heteroatoms. The van der Waals surface area contributed by atoms with E-state index in [1.54, 1.807) is 0 Å². The second kappa shape index (κ2) is 7.43. The molecule has 3 nitrogen and oxygen atoms in total. The number of rotatable bonds is 6. The molecule has 114 valence electrons. The Bertz CT molecular complexity index is 520. The molecule has 0 amide bonds. The predicted octanol–water partition coefficient (Wildman–Crippen LogP) is 2.62. The van der Waals surface area contributed by atoms with Gasteiger partial charge in [0, 0.05) is 18.3 Å². The van der Waals surface area contributed by atoms with Gasteiger partial charge in [-0.1, -0.05) is 24.3 Å². The van der Waals surface area contributed by atoms with E-state index in [1.165, 1.54) is 22.3 Å². The highest BCUT2D eigenvalue weighted by atomic mass is 14.8. The summed E-state index contributed by atoms with van der Waals surface area (Å²) in [4.78, 5) is 0. The van der Waals surface area contributed by atoms with Crippen LogP contribution in [0.3, 0.4) is 0 Å². The molecule has 0 aliphatic heterocycles. The van der Waals surface area contributed by atoms with Crippen molar-refractivity contribution in [3.05, 3.63) is 52.6 Å². The summed E-state index contributed by atoms with van der Waals surface area (Å²) < 4.78 is 0. The molecule has 1 aliphatic rings. The number of nitrogen functional groups attached to an aromatic ring is 1. The zero-order valence-corrected chi connectivity index (χ0v) is 13.2. The Kier molecular flexibility index (Phi) is 5.59. The fourth-order valence-electron chi connectivity index (χ4n) is 2.89. The molecule has 0 saturated heterocycles. The summed E-state index contributed by atoms with van der Waals surface area (Å²) in [6.45, 7) is 6.12. The lowest BCUT2D eigenvalue weighted by molar-refractivity contribution is 0.678. The van der Waals surface area contributed by atoms with E-state index in [1.807, 2.05) is 0 Å². The highest BCUT2D eigenvalue weighted by Gasteiger charge is 2.05. The Labute approximate surface area is 128 Å². The first-order valence-corrected chi connectivity index (χ1v) is 7.75. The van der Waals surface area contributed by atoms with E-state index in [-0.39, 0.29) is 6.04 Å². The Morgan fingerprint density at radius 2 is 2.10 bits per heavy atom. The summed E-state index contributed by atoms with van der Waals surface area (Å²) >= 11 is 0. The summed E-state index contributed by atoms with van der Waals surface area (Å²) in [6, 6.07) is 4.45. The van der Waals surface area contributed by atoms with Crippen LogP contribution < -0.4 is 16.8 Å². The number of anilines is 1. The van der Waals surface area contributed by atoms with Gasteiger partial charge in [-0.25, -0.2) is 0 Å². The predicted molar refractivity (Wildman–Crippen MR) is 91.3 cm³/mol.